The monoisotopic (exact) mass is 193 g/mol. The van der Waals surface area contributed by atoms with Gasteiger partial charge in [-0.1, -0.05) is 19.9 Å². The summed E-state index contributed by atoms with van der Waals surface area (Å²) in [5.41, 5.74) is 2.29. The van der Waals surface area contributed by atoms with Crippen molar-refractivity contribution >= 4 is 0 Å². The lowest BCUT2D eigenvalue weighted by molar-refractivity contribution is 0.314. The maximum Gasteiger partial charge on any atom is 0.119 e. The van der Waals surface area contributed by atoms with Crippen molar-refractivity contribution < 1.29 is 9.84 Å². The highest BCUT2D eigenvalue weighted by molar-refractivity contribution is 5.40. The number of hydrogen-bond donors (Lipinski definition) is 1. The van der Waals surface area contributed by atoms with E-state index in [0.29, 0.717) is 0 Å². The van der Waals surface area contributed by atoms with E-state index < -0.39 is 0 Å². The van der Waals surface area contributed by atoms with Crippen LogP contribution < -0.4 is 4.74 Å². The molecule has 0 fully saturated rings. The highest BCUT2D eigenvalue weighted by Crippen LogP contribution is 2.22. The molecule has 1 aromatic carbocycles. The van der Waals surface area contributed by atoms with Gasteiger partial charge in [-0.15, -0.1) is 0 Å². The fraction of sp³-hybridized carbons (Fsp3) is 0.417. The van der Waals surface area contributed by atoms with Gasteiger partial charge in [0.15, 0.2) is 0 Å². The van der Waals surface area contributed by atoms with E-state index in [1.54, 1.807) is 7.11 Å². The van der Waals surface area contributed by atoms with Crippen LogP contribution in [0.25, 0.3) is 0 Å². The highest BCUT2D eigenvalue weighted by Gasteiger charge is 2.07. The summed E-state index contributed by atoms with van der Waals surface area (Å²) in [6.07, 6.45) is 0.975. The summed E-state index contributed by atoms with van der Waals surface area (Å²) in [4.78, 5) is 0. The molecule has 0 aromatic heterocycles. The zero-order chi connectivity index (χ0) is 10.6. The summed E-state index contributed by atoms with van der Waals surface area (Å²) >= 11 is 0. The Bertz CT molecular complexity index is 272. The second kappa shape index (κ2) is 5.01. The molecule has 1 aromatic rings. The molecule has 0 aliphatic heterocycles. The average Bonchev–Trinajstić information content (AvgIpc) is 2.27. The van der Waals surface area contributed by atoms with E-state index in [4.69, 9.17) is 9.84 Å². The van der Waals surface area contributed by atoms with E-state index in [1.165, 1.54) is 5.56 Å². The smallest absolute Gasteiger partial charge is 0.119 e. The third-order valence-electron chi connectivity index (χ3n) is 2.34. The topological polar surface area (TPSA) is 29.5 Å². The zero-order valence-corrected chi connectivity index (χ0v) is 9.00. The maximum atomic E-state index is 9.04. The van der Waals surface area contributed by atoms with Gasteiger partial charge in [0.1, 0.15) is 5.75 Å². The molecule has 0 saturated carbocycles. The van der Waals surface area contributed by atoms with Gasteiger partial charge in [0.25, 0.3) is 0 Å². The molecule has 0 atom stereocenters. The zero-order valence-electron chi connectivity index (χ0n) is 9.00. The minimum atomic E-state index is 0.0936. The van der Waals surface area contributed by atoms with Crippen LogP contribution in [0.15, 0.2) is 18.2 Å². The Kier molecular flexibility index (Phi) is 3.96. The van der Waals surface area contributed by atoms with Gasteiger partial charge < -0.3 is 9.84 Å². The fourth-order valence-electron chi connectivity index (χ4n) is 1.32. The van der Waals surface area contributed by atoms with Crippen molar-refractivity contribution in [3.63, 3.8) is 0 Å². The van der Waals surface area contributed by atoms with Gasteiger partial charge in [-0.05, 0) is 29.7 Å². The Hall–Kier alpha value is -1.02. The Morgan fingerprint density at radius 1 is 1.36 bits per heavy atom. The molecule has 2 nitrogen and oxygen atoms in total. The predicted molar refractivity (Wildman–Crippen MR) is 57.5 cm³/mol. The molecule has 14 heavy (non-hydrogen) atoms. The number of methoxy groups -OCH3 is 1. The summed E-state index contributed by atoms with van der Waals surface area (Å²) < 4.78 is 5.20. The molecule has 0 aliphatic carbocycles. The molecule has 0 spiro atoms. The van der Waals surface area contributed by atoms with Crippen LogP contribution in [0.1, 0.15) is 25.0 Å². The van der Waals surface area contributed by atoms with Gasteiger partial charge in [0, 0.05) is 5.92 Å². The Labute approximate surface area is 85.5 Å². The van der Waals surface area contributed by atoms with Gasteiger partial charge in [-0.2, -0.15) is 0 Å². The van der Waals surface area contributed by atoms with Gasteiger partial charge in [0.2, 0.25) is 0 Å². The van der Waals surface area contributed by atoms with Crippen molar-refractivity contribution in [3.8, 4) is 5.75 Å². The predicted octanol–water partition coefficient (Wildman–Crippen LogP) is 2.19. The lowest BCUT2D eigenvalue weighted by Crippen LogP contribution is -2.01. The van der Waals surface area contributed by atoms with Gasteiger partial charge >= 0.3 is 0 Å². The summed E-state index contributed by atoms with van der Waals surface area (Å²) in [6.45, 7) is 4.12. The lowest BCUT2D eigenvalue weighted by Gasteiger charge is -2.11. The average molecular weight is 193 g/mol. The van der Waals surface area contributed by atoms with Crippen molar-refractivity contribution in [2.75, 3.05) is 13.7 Å². The number of benzene rings is 1. The summed E-state index contributed by atoms with van der Waals surface area (Å²) in [5, 5.41) is 9.04. The summed E-state index contributed by atoms with van der Waals surface area (Å²) in [6, 6.07) is 6.06. The molecule has 1 N–H and O–H groups in total. The first-order chi connectivity index (χ1) is 6.71. The highest BCUT2D eigenvalue weighted by atomic mass is 16.5. The second-order valence-electron chi connectivity index (χ2n) is 3.36. The van der Waals surface area contributed by atoms with Crippen LogP contribution in [0.2, 0.25) is 0 Å². The van der Waals surface area contributed by atoms with Crippen LogP contribution in [0.3, 0.4) is 0 Å². The molecule has 0 amide bonds. The quantitative estimate of drug-likeness (QED) is 0.794. The normalized spacial score (nSPS) is 10.6. The summed E-state index contributed by atoms with van der Waals surface area (Å²) in [5.74, 6) is 1.82. The molecular weight excluding hydrogens is 176 g/mol. The van der Waals surface area contributed by atoms with Gasteiger partial charge in [-0.3, -0.25) is 0 Å². The second-order valence-corrected chi connectivity index (χ2v) is 3.36. The molecule has 0 aliphatic rings. The van der Waals surface area contributed by atoms with Crippen LogP contribution >= 0.6 is 0 Å². The molecule has 2 heteroatoms. The molecular formula is C12H17O2. The van der Waals surface area contributed by atoms with Gasteiger partial charge in [0.05, 0.1) is 13.7 Å². The van der Waals surface area contributed by atoms with Crippen molar-refractivity contribution in [3.05, 3.63) is 35.2 Å². The Balaban J connectivity index is 3.04. The number of hydrogen-bond acceptors (Lipinski definition) is 2. The number of ether oxygens (including phenoxy) is 1. The Morgan fingerprint density at radius 3 is 2.57 bits per heavy atom. The van der Waals surface area contributed by atoms with Crippen LogP contribution in [0.4, 0.5) is 0 Å². The van der Waals surface area contributed by atoms with Crippen molar-refractivity contribution in [1.29, 1.82) is 0 Å². The van der Waals surface area contributed by atoms with E-state index in [9.17, 15) is 0 Å². The van der Waals surface area contributed by atoms with E-state index >= 15 is 0 Å². The first-order valence-electron chi connectivity index (χ1n) is 4.82. The van der Waals surface area contributed by atoms with Crippen molar-refractivity contribution in [2.45, 2.75) is 20.3 Å². The van der Waals surface area contributed by atoms with Crippen LogP contribution in [0.5, 0.6) is 5.75 Å². The molecule has 0 saturated heterocycles. The first kappa shape index (κ1) is 11.1. The molecule has 1 rings (SSSR count). The first-order valence-corrected chi connectivity index (χ1v) is 4.82. The third kappa shape index (κ3) is 2.48. The standard InChI is InChI=1S/C12H17O2/c1-4-10-5-11(9(2)8-13)7-12(6-10)14-3/h5-7,13H,4,8H2,1-3H3. The molecule has 1 radical (unpaired) electrons. The molecule has 0 heterocycles. The largest absolute Gasteiger partial charge is 0.497 e. The molecule has 0 bridgehead atoms. The minimum absolute atomic E-state index is 0.0936. The van der Waals surface area contributed by atoms with Crippen molar-refractivity contribution in [2.24, 2.45) is 0 Å². The van der Waals surface area contributed by atoms with E-state index in [1.807, 2.05) is 19.1 Å². The number of aliphatic hydroxyl groups excluding tert-OH is 1. The Morgan fingerprint density at radius 2 is 2.07 bits per heavy atom. The fourth-order valence-corrected chi connectivity index (χ4v) is 1.32. The molecule has 0 unspecified atom stereocenters. The van der Waals surface area contributed by atoms with E-state index in [2.05, 4.69) is 13.0 Å². The van der Waals surface area contributed by atoms with E-state index in [-0.39, 0.29) is 6.61 Å². The van der Waals surface area contributed by atoms with Crippen molar-refractivity contribution in [1.82, 2.24) is 0 Å². The molecule has 77 valence electrons. The summed E-state index contributed by atoms with van der Waals surface area (Å²) in [7, 11) is 1.66. The number of aryl methyl sites for hydroxylation is 1. The third-order valence-corrected chi connectivity index (χ3v) is 2.34. The maximum absolute atomic E-state index is 9.04. The number of aliphatic hydroxyl groups is 1. The van der Waals surface area contributed by atoms with Crippen LogP contribution in [-0.4, -0.2) is 18.8 Å². The van der Waals surface area contributed by atoms with Gasteiger partial charge in [-0.25, -0.2) is 0 Å². The SMILES string of the molecule is CCc1cc(OC)cc([C](C)CO)c1. The number of rotatable bonds is 4. The lowest BCUT2D eigenvalue weighted by atomic mass is 9.98. The van der Waals surface area contributed by atoms with E-state index in [0.717, 1.165) is 23.7 Å². The van der Waals surface area contributed by atoms with Crippen LogP contribution in [-0.2, 0) is 6.42 Å². The minimum Gasteiger partial charge on any atom is -0.497 e. The van der Waals surface area contributed by atoms with Crippen LogP contribution in [0, 0.1) is 5.92 Å².